The molecule has 2 aromatic carbocycles. The van der Waals surface area contributed by atoms with Crippen LogP contribution in [0.1, 0.15) is 34.5 Å². The van der Waals surface area contributed by atoms with E-state index in [1.165, 1.54) is 6.07 Å². The second-order valence-corrected chi connectivity index (χ2v) is 6.16. The lowest BCUT2D eigenvalue weighted by molar-refractivity contribution is 0.1000. The van der Waals surface area contributed by atoms with Crippen molar-refractivity contribution in [3.8, 4) is 0 Å². The van der Waals surface area contributed by atoms with Gasteiger partial charge in [0, 0.05) is 26.4 Å². The molecule has 0 heterocycles. The van der Waals surface area contributed by atoms with Crippen LogP contribution in [0.4, 0.5) is 10.1 Å². The number of nitrogens with one attached hydrogen (secondary N) is 1. The average Bonchev–Trinajstić information content (AvgIpc) is 2.44. The van der Waals surface area contributed by atoms with Gasteiger partial charge in [-0.1, -0.05) is 12.1 Å². The highest BCUT2D eigenvalue weighted by molar-refractivity contribution is 14.1. The highest BCUT2D eigenvalue weighted by Crippen LogP contribution is 2.25. The summed E-state index contributed by atoms with van der Waals surface area (Å²) in [4.78, 5) is 11.2. The van der Waals surface area contributed by atoms with Crippen LogP contribution in [-0.2, 0) is 0 Å². The van der Waals surface area contributed by atoms with Crippen molar-refractivity contribution in [2.24, 2.45) is 5.73 Å². The molecule has 0 saturated carbocycles. The third-order valence-corrected chi connectivity index (χ3v) is 4.09. The Morgan fingerprint density at radius 2 is 1.90 bits per heavy atom. The summed E-state index contributed by atoms with van der Waals surface area (Å²) in [6.07, 6.45) is 0. The van der Waals surface area contributed by atoms with Crippen molar-refractivity contribution in [2.75, 3.05) is 5.32 Å². The maximum atomic E-state index is 13.9. The largest absolute Gasteiger partial charge is 0.378 e. The minimum Gasteiger partial charge on any atom is -0.378 e. The molecule has 0 aliphatic rings. The number of primary amides is 1. The van der Waals surface area contributed by atoms with Crippen molar-refractivity contribution in [2.45, 2.75) is 19.9 Å². The van der Waals surface area contributed by atoms with Gasteiger partial charge in [-0.25, -0.2) is 4.39 Å². The number of anilines is 1. The summed E-state index contributed by atoms with van der Waals surface area (Å²) in [5.74, 6) is -1.08. The van der Waals surface area contributed by atoms with E-state index in [9.17, 15) is 9.18 Å². The number of halogens is 2. The molecule has 21 heavy (non-hydrogen) atoms. The van der Waals surface area contributed by atoms with E-state index in [0.717, 1.165) is 9.13 Å². The number of nitrogens with two attached hydrogens (primary N) is 1. The Hall–Kier alpha value is -1.63. The molecule has 2 aromatic rings. The molecular formula is C16H16FIN2O. The second kappa shape index (κ2) is 6.43. The van der Waals surface area contributed by atoms with Gasteiger partial charge in [-0.2, -0.15) is 0 Å². The molecular weight excluding hydrogens is 382 g/mol. The van der Waals surface area contributed by atoms with Crippen molar-refractivity contribution in [3.05, 3.63) is 62.5 Å². The van der Waals surface area contributed by atoms with E-state index in [-0.39, 0.29) is 11.6 Å². The van der Waals surface area contributed by atoms with Crippen molar-refractivity contribution in [1.29, 1.82) is 0 Å². The molecule has 0 fully saturated rings. The topological polar surface area (TPSA) is 55.1 Å². The second-order valence-electron chi connectivity index (χ2n) is 4.91. The SMILES string of the molecule is Cc1c(F)cc(C(N)=O)cc1NC(C)c1ccc(I)cc1. The minimum atomic E-state index is -0.640. The number of rotatable bonds is 4. The van der Waals surface area contributed by atoms with Gasteiger partial charge in [0.15, 0.2) is 0 Å². The van der Waals surface area contributed by atoms with E-state index < -0.39 is 11.7 Å². The Labute approximate surface area is 136 Å². The summed E-state index contributed by atoms with van der Waals surface area (Å²) in [7, 11) is 0. The summed E-state index contributed by atoms with van der Waals surface area (Å²) in [5.41, 5.74) is 7.52. The Morgan fingerprint density at radius 1 is 1.29 bits per heavy atom. The monoisotopic (exact) mass is 398 g/mol. The number of hydrogen-bond donors (Lipinski definition) is 2. The molecule has 1 amide bonds. The fraction of sp³-hybridized carbons (Fsp3) is 0.188. The highest BCUT2D eigenvalue weighted by atomic mass is 127. The van der Waals surface area contributed by atoms with E-state index >= 15 is 0 Å². The molecule has 3 N–H and O–H groups in total. The van der Waals surface area contributed by atoms with E-state index in [1.807, 2.05) is 31.2 Å². The molecule has 3 nitrogen and oxygen atoms in total. The van der Waals surface area contributed by atoms with Crippen molar-refractivity contribution in [1.82, 2.24) is 0 Å². The predicted molar refractivity (Wildman–Crippen MR) is 90.9 cm³/mol. The third-order valence-electron chi connectivity index (χ3n) is 3.37. The highest BCUT2D eigenvalue weighted by Gasteiger charge is 2.13. The quantitative estimate of drug-likeness (QED) is 0.765. The van der Waals surface area contributed by atoms with Gasteiger partial charge in [-0.05, 0) is 66.3 Å². The normalized spacial score (nSPS) is 12.0. The van der Waals surface area contributed by atoms with Gasteiger partial charge in [-0.3, -0.25) is 4.79 Å². The zero-order valence-corrected chi connectivity index (χ0v) is 13.9. The molecule has 0 saturated heterocycles. The van der Waals surface area contributed by atoms with Crippen molar-refractivity contribution >= 4 is 34.2 Å². The molecule has 2 rings (SSSR count). The van der Waals surface area contributed by atoms with Crippen LogP contribution in [0.2, 0.25) is 0 Å². The number of hydrogen-bond acceptors (Lipinski definition) is 2. The Balaban J connectivity index is 2.30. The average molecular weight is 398 g/mol. The van der Waals surface area contributed by atoms with Crippen LogP contribution in [0, 0.1) is 16.3 Å². The standard InChI is InChI=1S/C16H16FIN2O/c1-9-14(17)7-12(16(19)21)8-15(9)20-10(2)11-3-5-13(18)6-4-11/h3-8,10,20H,1-2H3,(H2,19,21). The summed E-state index contributed by atoms with van der Waals surface area (Å²) < 4.78 is 15.0. The summed E-state index contributed by atoms with van der Waals surface area (Å²) in [6, 6.07) is 10.8. The van der Waals surface area contributed by atoms with Crippen LogP contribution in [0.5, 0.6) is 0 Å². The van der Waals surface area contributed by atoms with Gasteiger partial charge in [-0.15, -0.1) is 0 Å². The fourth-order valence-electron chi connectivity index (χ4n) is 2.04. The number of carbonyl (C=O) groups excluding carboxylic acids is 1. The summed E-state index contributed by atoms with van der Waals surface area (Å²) in [5, 5.41) is 3.23. The zero-order chi connectivity index (χ0) is 15.6. The molecule has 0 radical (unpaired) electrons. The Kier molecular flexibility index (Phi) is 4.82. The lowest BCUT2D eigenvalue weighted by atomic mass is 10.1. The maximum absolute atomic E-state index is 13.9. The van der Waals surface area contributed by atoms with Gasteiger partial charge in [0.05, 0.1) is 0 Å². The third kappa shape index (κ3) is 3.72. The summed E-state index contributed by atoms with van der Waals surface area (Å²) in [6.45, 7) is 3.65. The van der Waals surface area contributed by atoms with Crippen molar-refractivity contribution < 1.29 is 9.18 Å². The molecule has 0 aromatic heterocycles. The number of amides is 1. The molecule has 1 atom stereocenters. The smallest absolute Gasteiger partial charge is 0.248 e. The zero-order valence-electron chi connectivity index (χ0n) is 11.8. The predicted octanol–water partition coefficient (Wildman–Crippen LogP) is 4.01. The van der Waals surface area contributed by atoms with Crippen molar-refractivity contribution in [3.63, 3.8) is 0 Å². The first-order chi connectivity index (χ1) is 9.88. The lowest BCUT2D eigenvalue weighted by Gasteiger charge is -2.18. The van der Waals surface area contributed by atoms with Gasteiger partial charge < -0.3 is 11.1 Å². The van der Waals surface area contributed by atoms with Gasteiger partial charge in [0.1, 0.15) is 5.82 Å². The molecule has 1 unspecified atom stereocenters. The fourth-order valence-corrected chi connectivity index (χ4v) is 2.40. The first kappa shape index (κ1) is 15.8. The Morgan fingerprint density at radius 3 is 2.48 bits per heavy atom. The van der Waals surface area contributed by atoms with Crippen LogP contribution >= 0.6 is 22.6 Å². The molecule has 5 heteroatoms. The van der Waals surface area contributed by atoms with Gasteiger partial charge >= 0.3 is 0 Å². The van der Waals surface area contributed by atoms with Crippen LogP contribution < -0.4 is 11.1 Å². The van der Waals surface area contributed by atoms with E-state index in [1.54, 1.807) is 13.0 Å². The van der Waals surface area contributed by atoms with Crippen LogP contribution in [-0.4, -0.2) is 5.91 Å². The number of benzene rings is 2. The molecule has 0 bridgehead atoms. The lowest BCUT2D eigenvalue weighted by Crippen LogP contribution is -2.14. The molecule has 110 valence electrons. The molecule has 0 aliphatic heterocycles. The van der Waals surface area contributed by atoms with Crippen LogP contribution in [0.3, 0.4) is 0 Å². The van der Waals surface area contributed by atoms with Gasteiger partial charge in [0.2, 0.25) is 5.91 Å². The Bertz CT molecular complexity index is 671. The molecule has 0 aliphatic carbocycles. The first-order valence-electron chi connectivity index (χ1n) is 6.50. The van der Waals surface area contributed by atoms with E-state index in [0.29, 0.717) is 11.3 Å². The molecule has 0 spiro atoms. The van der Waals surface area contributed by atoms with Gasteiger partial charge in [0.25, 0.3) is 0 Å². The van der Waals surface area contributed by atoms with Crippen LogP contribution in [0.25, 0.3) is 0 Å². The van der Waals surface area contributed by atoms with Crippen LogP contribution in [0.15, 0.2) is 36.4 Å². The number of carbonyl (C=O) groups is 1. The maximum Gasteiger partial charge on any atom is 0.248 e. The van der Waals surface area contributed by atoms with E-state index in [4.69, 9.17) is 5.73 Å². The first-order valence-corrected chi connectivity index (χ1v) is 7.58. The minimum absolute atomic E-state index is 0.0109. The van der Waals surface area contributed by atoms with E-state index in [2.05, 4.69) is 27.9 Å². The summed E-state index contributed by atoms with van der Waals surface area (Å²) >= 11 is 2.24.